The van der Waals surface area contributed by atoms with Gasteiger partial charge in [-0.25, -0.2) is 4.98 Å². The third-order valence-electron chi connectivity index (χ3n) is 2.49. The van der Waals surface area contributed by atoms with E-state index in [1.54, 1.807) is 18.4 Å². The van der Waals surface area contributed by atoms with E-state index < -0.39 is 0 Å². The van der Waals surface area contributed by atoms with Gasteiger partial charge in [-0.05, 0) is 38.5 Å². The first-order valence-electron chi connectivity index (χ1n) is 5.64. The van der Waals surface area contributed by atoms with E-state index in [4.69, 9.17) is 4.74 Å². The average Bonchev–Trinajstić information content (AvgIpc) is 2.57. The second kappa shape index (κ2) is 4.63. The predicted octanol–water partition coefficient (Wildman–Crippen LogP) is 3.44. The van der Waals surface area contributed by atoms with E-state index in [-0.39, 0.29) is 5.54 Å². The van der Waals surface area contributed by atoms with Crippen LogP contribution in [-0.2, 0) is 4.74 Å². The number of aromatic nitrogens is 1. The number of aryl methyl sites for hydroxylation is 1. The number of nitrogens with zero attached hydrogens (tertiary/aromatic N) is 1. The van der Waals surface area contributed by atoms with Gasteiger partial charge in [0.25, 0.3) is 0 Å². The summed E-state index contributed by atoms with van der Waals surface area (Å²) >= 11 is 1.69. The summed E-state index contributed by atoms with van der Waals surface area (Å²) in [6.07, 6.45) is 0. The van der Waals surface area contributed by atoms with Gasteiger partial charge in [0.05, 0.1) is 22.4 Å². The predicted molar refractivity (Wildman–Crippen MR) is 73.9 cm³/mol. The lowest BCUT2D eigenvalue weighted by atomic mass is 10.1. The molecule has 0 unspecified atom stereocenters. The number of nitrogens with one attached hydrogen (secondary N) is 1. The first kappa shape index (κ1) is 12.3. The molecular formula is C13H18N2OS. The minimum atomic E-state index is -0.0995. The largest absolute Gasteiger partial charge is 0.382 e. The van der Waals surface area contributed by atoms with Crippen molar-refractivity contribution in [1.29, 1.82) is 0 Å². The number of rotatable bonds is 4. The van der Waals surface area contributed by atoms with Gasteiger partial charge in [-0.1, -0.05) is 17.4 Å². The third kappa shape index (κ3) is 2.96. The Hall–Kier alpha value is -1.13. The molecule has 0 aliphatic rings. The molecule has 0 amide bonds. The Morgan fingerprint density at radius 1 is 1.41 bits per heavy atom. The lowest BCUT2D eigenvalue weighted by molar-refractivity contribution is 0.158. The Bertz CT molecular complexity index is 519. The van der Waals surface area contributed by atoms with Gasteiger partial charge in [-0.15, -0.1) is 0 Å². The first-order chi connectivity index (χ1) is 8.00. The molecule has 0 atom stereocenters. The van der Waals surface area contributed by atoms with Crippen molar-refractivity contribution >= 4 is 26.7 Å². The summed E-state index contributed by atoms with van der Waals surface area (Å²) in [7, 11) is 1.71. The van der Waals surface area contributed by atoms with Crippen molar-refractivity contribution in [2.24, 2.45) is 0 Å². The van der Waals surface area contributed by atoms with Gasteiger partial charge >= 0.3 is 0 Å². The summed E-state index contributed by atoms with van der Waals surface area (Å²) in [5.41, 5.74) is 2.22. The summed E-state index contributed by atoms with van der Waals surface area (Å²) in [6, 6.07) is 6.32. The fourth-order valence-corrected chi connectivity index (χ4v) is 2.91. The van der Waals surface area contributed by atoms with Crippen LogP contribution in [-0.4, -0.2) is 24.2 Å². The molecule has 0 fully saturated rings. The molecule has 1 N–H and O–H groups in total. The van der Waals surface area contributed by atoms with Gasteiger partial charge < -0.3 is 10.1 Å². The Labute approximate surface area is 106 Å². The molecule has 2 aromatic rings. The topological polar surface area (TPSA) is 34.1 Å². The Kier molecular flexibility index (Phi) is 3.35. The number of fused-ring (bicyclic) bond motifs is 1. The smallest absolute Gasteiger partial charge is 0.184 e. The first-order valence-corrected chi connectivity index (χ1v) is 6.46. The summed E-state index contributed by atoms with van der Waals surface area (Å²) in [4.78, 5) is 4.57. The number of ether oxygens (including phenoxy) is 1. The number of methoxy groups -OCH3 is 1. The number of thiazole rings is 1. The van der Waals surface area contributed by atoms with Crippen LogP contribution in [0.15, 0.2) is 18.2 Å². The maximum absolute atomic E-state index is 5.19. The lowest BCUT2D eigenvalue weighted by Crippen LogP contribution is -2.35. The molecule has 0 radical (unpaired) electrons. The Balaban J connectivity index is 2.25. The van der Waals surface area contributed by atoms with Crippen LogP contribution < -0.4 is 5.32 Å². The van der Waals surface area contributed by atoms with E-state index >= 15 is 0 Å². The van der Waals surface area contributed by atoms with Crippen LogP contribution in [0.1, 0.15) is 19.4 Å². The van der Waals surface area contributed by atoms with Crippen molar-refractivity contribution < 1.29 is 4.74 Å². The molecule has 3 nitrogen and oxygen atoms in total. The fraction of sp³-hybridized carbons (Fsp3) is 0.462. The summed E-state index contributed by atoms with van der Waals surface area (Å²) in [5, 5.41) is 4.36. The van der Waals surface area contributed by atoms with Crippen LogP contribution >= 0.6 is 11.3 Å². The molecule has 0 saturated carbocycles. The molecule has 0 aliphatic heterocycles. The normalized spacial score (nSPS) is 12.0. The van der Waals surface area contributed by atoms with Crippen molar-refractivity contribution in [3.63, 3.8) is 0 Å². The Morgan fingerprint density at radius 3 is 2.88 bits per heavy atom. The minimum absolute atomic E-state index is 0.0995. The van der Waals surface area contributed by atoms with Crippen molar-refractivity contribution in [3.8, 4) is 0 Å². The second-order valence-electron chi connectivity index (χ2n) is 4.93. The van der Waals surface area contributed by atoms with Crippen molar-refractivity contribution in [3.05, 3.63) is 23.8 Å². The molecule has 2 rings (SSSR count). The van der Waals surface area contributed by atoms with Gasteiger partial charge in [-0.2, -0.15) is 0 Å². The van der Waals surface area contributed by atoms with E-state index in [0.717, 1.165) is 10.6 Å². The monoisotopic (exact) mass is 250 g/mol. The number of hydrogen-bond acceptors (Lipinski definition) is 4. The standard InChI is InChI=1S/C13H18N2OS/c1-9-5-6-10-11(7-9)17-12(14-10)15-13(2,3)8-16-4/h5-7H,8H2,1-4H3,(H,14,15). The zero-order valence-electron chi connectivity index (χ0n) is 10.7. The highest BCUT2D eigenvalue weighted by Crippen LogP contribution is 2.28. The van der Waals surface area contributed by atoms with Gasteiger partial charge in [0, 0.05) is 7.11 Å². The molecule has 1 heterocycles. The quantitative estimate of drug-likeness (QED) is 0.902. The molecule has 1 aromatic carbocycles. The number of anilines is 1. The lowest BCUT2D eigenvalue weighted by Gasteiger charge is -2.24. The highest BCUT2D eigenvalue weighted by molar-refractivity contribution is 7.22. The van der Waals surface area contributed by atoms with Crippen molar-refractivity contribution in [2.75, 3.05) is 19.0 Å². The summed E-state index contributed by atoms with van der Waals surface area (Å²) in [5.74, 6) is 0. The third-order valence-corrected chi connectivity index (χ3v) is 3.43. The summed E-state index contributed by atoms with van der Waals surface area (Å²) < 4.78 is 6.41. The summed E-state index contributed by atoms with van der Waals surface area (Å²) in [6.45, 7) is 6.96. The van der Waals surface area contributed by atoms with E-state index in [0.29, 0.717) is 6.61 Å². The molecule has 0 aliphatic carbocycles. The SMILES string of the molecule is COCC(C)(C)Nc1nc2ccc(C)cc2s1. The minimum Gasteiger partial charge on any atom is -0.382 e. The van der Waals surface area contributed by atoms with Crippen LogP contribution in [0.3, 0.4) is 0 Å². The maximum Gasteiger partial charge on any atom is 0.184 e. The van der Waals surface area contributed by atoms with Gasteiger partial charge in [0.15, 0.2) is 5.13 Å². The van der Waals surface area contributed by atoms with Crippen LogP contribution in [0.2, 0.25) is 0 Å². The molecular weight excluding hydrogens is 232 g/mol. The highest BCUT2D eigenvalue weighted by Gasteiger charge is 2.18. The van der Waals surface area contributed by atoms with Gasteiger partial charge in [-0.3, -0.25) is 0 Å². The van der Waals surface area contributed by atoms with Crippen molar-refractivity contribution in [2.45, 2.75) is 26.3 Å². The fourth-order valence-electron chi connectivity index (χ4n) is 1.77. The maximum atomic E-state index is 5.19. The molecule has 1 aromatic heterocycles. The molecule has 0 bridgehead atoms. The second-order valence-corrected chi connectivity index (χ2v) is 5.96. The van der Waals surface area contributed by atoms with Crippen LogP contribution in [0, 0.1) is 6.92 Å². The van der Waals surface area contributed by atoms with E-state index in [2.05, 4.69) is 49.3 Å². The van der Waals surface area contributed by atoms with E-state index in [1.807, 2.05) is 0 Å². The molecule has 0 spiro atoms. The van der Waals surface area contributed by atoms with Crippen molar-refractivity contribution in [1.82, 2.24) is 4.98 Å². The van der Waals surface area contributed by atoms with E-state index in [1.165, 1.54) is 10.3 Å². The molecule has 0 saturated heterocycles. The molecule has 92 valence electrons. The van der Waals surface area contributed by atoms with E-state index in [9.17, 15) is 0 Å². The molecule has 17 heavy (non-hydrogen) atoms. The highest BCUT2D eigenvalue weighted by atomic mass is 32.1. The number of benzene rings is 1. The molecule has 4 heteroatoms. The zero-order valence-corrected chi connectivity index (χ0v) is 11.5. The van der Waals surface area contributed by atoms with Gasteiger partial charge in [0.1, 0.15) is 0 Å². The Morgan fingerprint density at radius 2 is 2.18 bits per heavy atom. The zero-order chi connectivity index (χ0) is 12.5. The average molecular weight is 250 g/mol. The van der Waals surface area contributed by atoms with Crippen LogP contribution in [0.4, 0.5) is 5.13 Å². The van der Waals surface area contributed by atoms with Crippen LogP contribution in [0.5, 0.6) is 0 Å². The number of hydrogen-bond donors (Lipinski definition) is 1. The van der Waals surface area contributed by atoms with Gasteiger partial charge in [0.2, 0.25) is 0 Å². The van der Waals surface area contributed by atoms with Crippen LogP contribution in [0.25, 0.3) is 10.2 Å².